The summed E-state index contributed by atoms with van der Waals surface area (Å²) in [5, 5.41) is 9.90. The number of thiophene rings is 1. The highest BCUT2D eigenvalue weighted by atomic mass is 32.1. The molecule has 0 aromatic carbocycles. The summed E-state index contributed by atoms with van der Waals surface area (Å²) in [5.41, 5.74) is 9.82. The van der Waals surface area contributed by atoms with Gasteiger partial charge in [-0.25, -0.2) is 4.99 Å². The number of nitrogens with one attached hydrogen (secondary N) is 1. The van der Waals surface area contributed by atoms with Crippen LogP contribution >= 0.6 is 11.3 Å². The van der Waals surface area contributed by atoms with Crippen LogP contribution in [-0.2, 0) is 32.9 Å². The van der Waals surface area contributed by atoms with Gasteiger partial charge in [0.15, 0.2) is 5.96 Å². The van der Waals surface area contributed by atoms with E-state index in [9.17, 15) is 0 Å². The summed E-state index contributed by atoms with van der Waals surface area (Å²) in [6.45, 7) is 1.43. The van der Waals surface area contributed by atoms with Gasteiger partial charge in [0.25, 0.3) is 0 Å². The second-order valence-electron chi connectivity index (χ2n) is 5.66. The van der Waals surface area contributed by atoms with E-state index in [0.717, 1.165) is 25.8 Å². The zero-order valence-corrected chi connectivity index (χ0v) is 13.8. The van der Waals surface area contributed by atoms with Gasteiger partial charge in [0.1, 0.15) is 0 Å². The second kappa shape index (κ2) is 6.96. The van der Waals surface area contributed by atoms with Crippen LogP contribution in [0.2, 0.25) is 0 Å². The number of nitrogens with two attached hydrogens (primary N) is 1. The quantitative estimate of drug-likeness (QED) is 0.655. The molecule has 0 atom stereocenters. The standard InChI is InChI=1S/C16H23N5S/c1-21-15(13-6-2-3-7-14(13)20-21)11-19-16(17)18-9-8-12-5-4-10-22-12/h4-5,10H,2-3,6-9,11H2,1H3,(H3,17,18,19). The van der Waals surface area contributed by atoms with Crippen LogP contribution in [-0.4, -0.2) is 22.3 Å². The monoisotopic (exact) mass is 317 g/mol. The molecule has 0 radical (unpaired) electrons. The maximum atomic E-state index is 5.97. The normalized spacial score (nSPS) is 14.9. The number of hydrogen-bond acceptors (Lipinski definition) is 3. The molecule has 22 heavy (non-hydrogen) atoms. The van der Waals surface area contributed by atoms with Crippen LogP contribution in [0.1, 0.15) is 34.7 Å². The van der Waals surface area contributed by atoms with Crippen molar-refractivity contribution in [3.05, 3.63) is 39.3 Å². The van der Waals surface area contributed by atoms with E-state index in [0.29, 0.717) is 12.5 Å². The third-order valence-corrected chi connectivity index (χ3v) is 5.04. The maximum Gasteiger partial charge on any atom is 0.188 e. The number of aromatic nitrogens is 2. The highest BCUT2D eigenvalue weighted by molar-refractivity contribution is 7.09. The summed E-state index contributed by atoms with van der Waals surface area (Å²) in [7, 11) is 2.00. The molecule has 0 bridgehead atoms. The largest absolute Gasteiger partial charge is 0.370 e. The summed E-state index contributed by atoms with van der Waals surface area (Å²) in [6, 6.07) is 4.21. The number of fused-ring (bicyclic) bond motifs is 1. The van der Waals surface area contributed by atoms with Crippen molar-refractivity contribution in [1.82, 2.24) is 15.1 Å². The molecule has 2 aromatic rings. The molecule has 0 spiro atoms. The Kier molecular flexibility index (Phi) is 4.77. The first-order valence-electron chi connectivity index (χ1n) is 7.84. The minimum absolute atomic E-state index is 0.516. The molecule has 1 aliphatic carbocycles. The van der Waals surface area contributed by atoms with Gasteiger partial charge in [-0.1, -0.05) is 6.07 Å². The molecule has 3 rings (SSSR count). The predicted octanol–water partition coefficient (Wildman–Crippen LogP) is 2.01. The third kappa shape index (κ3) is 3.50. The average molecular weight is 317 g/mol. The molecule has 6 heteroatoms. The van der Waals surface area contributed by atoms with Crippen LogP contribution in [0.3, 0.4) is 0 Å². The Balaban J connectivity index is 1.55. The molecule has 3 N–H and O–H groups in total. The van der Waals surface area contributed by atoms with E-state index in [1.165, 1.54) is 34.7 Å². The smallest absolute Gasteiger partial charge is 0.188 e. The fourth-order valence-corrected chi connectivity index (χ4v) is 3.64. The van der Waals surface area contributed by atoms with E-state index in [1.54, 1.807) is 11.3 Å². The van der Waals surface area contributed by atoms with Crippen molar-refractivity contribution in [3.8, 4) is 0 Å². The lowest BCUT2D eigenvalue weighted by Crippen LogP contribution is -2.33. The predicted molar refractivity (Wildman–Crippen MR) is 91.2 cm³/mol. The molecule has 0 saturated carbocycles. The molecule has 1 aliphatic rings. The van der Waals surface area contributed by atoms with Crippen molar-refractivity contribution in [2.45, 2.75) is 38.6 Å². The Hall–Kier alpha value is -1.82. The molecule has 0 unspecified atom stereocenters. The zero-order valence-electron chi connectivity index (χ0n) is 13.0. The Morgan fingerprint density at radius 3 is 3.14 bits per heavy atom. The Bertz CT molecular complexity index is 642. The van der Waals surface area contributed by atoms with E-state index in [4.69, 9.17) is 5.73 Å². The maximum absolute atomic E-state index is 5.97. The van der Waals surface area contributed by atoms with Gasteiger partial charge in [0, 0.05) is 18.5 Å². The van der Waals surface area contributed by atoms with Gasteiger partial charge >= 0.3 is 0 Å². The van der Waals surface area contributed by atoms with Crippen LogP contribution < -0.4 is 11.1 Å². The van der Waals surface area contributed by atoms with Crippen molar-refractivity contribution in [3.63, 3.8) is 0 Å². The second-order valence-corrected chi connectivity index (χ2v) is 6.69. The first-order valence-corrected chi connectivity index (χ1v) is 8.72. The fraction of sp³-hybridized carbons (Fsp3) is 0.500. The van der Waals surface area contributed by atoms with E-state index < -0.39 is 0 Å². The molecule has 2 aromatic heterocycles. The highest BCUT2D eigenvalue weighted by Crippen LogP contribution is 2.23. The van der Waals surface area contributed by atoms with Crippen molar-refractivity contribution >= 4 is 17.3 Å². The van der Waals surface area contributed by atoms with Gasteiger partial charge < -0.3 is 11.1 Å². The van der Waals surface area contributed by atoms with Gasteiger partial charge in [-0.3, -0.25) is 4.68 Å². The molecular formula is C16H23N5S. The molecule has 2 heterocycles. The highest BCUT2D eigenvalue weighted by Gasteiger charge is 2.18. The minimum Gasteiger partial charge on any atom is -0.370 e. The van der Waals surface area contributed by atoms with Crippen molar-refractivity contribution in [2.75, 3.05) is 6.54 Å². The Labute approximate surface area is 135 Å². The molecule has 0 aliphatic heterocycles. The molecule has 5 nitrogen and oxygen atoms in total. The summed E-state index contributed by atoms with van der Waals surface area (Å²) in [4.78, 5) is 5.84. The van der Waals surface area contributed by atoms with E-state index in [2.05, 4.69) is 32.9 Å². The molecule has 0 fully saturated rings. The molecule has 118 valence electrons. The van der Waals surface area contributed by atoms with Gasteiger partial charge in [0.05, 0.1) is 17.9 Å². The third-order valence-electron chi connectivity index (χ3n) is 4.11. The van der Waals surface area contributed by atoms with E-state index in [-0.39, 0.29) is 0 Å². The Morgan fingerprint density at radius 2 is 2.32 bits per heavy atom. The van der Waals surface area contributed by atoms with Crippen LogP contribution in [0.25, 0.3) is 0 Å². The number of nitrogens with zero attached hydrogens (tertiary/aromatic N) is 3. The van der Waals surface area contributed by atoms with Gasteiger partial charge in [0.2, 0.25) is 0 Å². The lowest BCUT2D eigenvalue weighted by atomic mass is 9.96. The van der Waals surface area contributed by atoms with Crippen LogP contribution in [0.15, 0.2) is 22.5 Å². The lowest BCUT2D eigenvalue weighted by molar-refractivity contribution is 0.663. The summed E-state index contributed by atoms with van der Waals surface area (Å²) < 4.78 is 1.97. The number of guanidine groups is 1. The summed E-state index contributed by atoms with van der Waals surface area (Å²) >= 11 is 1.77. The average Bonchev–Trinajstić information content (AvgIpc) is 3.12. The van der Waals surface area contributed by atoms with Crippen LogP contribution in [0, 0.1) is 0 Å². The lowest BCUT2D eigenvalue weighted by Gasteiger charge is -2.10. The molecular weight excluding hydrogens is 294 g/mol. The number of rotatable bonds is 5. The number of aliphatic imine (C=N–C) groups is 1. The minimum atomic E-state index is 0.516. The van der Waals surface area contributed by atoms with Crippen LogP contribution in [0.4, 0.5) is 0 Å². The molecule has 0 amide bonds. The fourth-order valence-electron chi connectivity index (χ4n) is 2.93. The van der Waals surface area contributed by atoms with Gasteiger partial charge in [-0.15, -0.1) is 11.3 Å². The topological polar surface area (TPSA) is 68.2 Å². The summed E-state index contributed by atoms with van der Waals surface area (Å²) in [6.07, 6.45) is 5.71. The van der Waals surface area contributed by atoms with Gasteiger partial charge in [-0.05, 0) is 49.1 Å². The number of aryl methyl sites for hydroxylation is 2. The number of hydrogen-bond donors (Lipinski definition) is 2. The van der Waals surface area contributed by atoms with Crippen LogP contribution in [0.5, 0.6) is 0 Å². The van der Waals surface area contributed by atoms with Crippen molar-refractivity contribution in [1.29, 1.82) is 0 Å². The summed E-state index contributed by atoms with van der Waals surface area (Å²) in [5.74, 6) is 0.516. The van der Waals surface area contributed by atoms with E-state index >= 15 is 0 Å². The SMILES string of the molecule is Cn1nc2c(c1CN=C(N)NCCc1cccs1)CCCC2. The van der Waals surface area contributed by atoms with E-state index in [1.807, 2.05) is 11.7 Å². The first-order chi connectivity index (χ1) is 10.7. The van der Waals surface area contributed by atoms with Crippen molar-refractivity contribution in [2.24, 2.45) is 17.8 Å². The van der Waals surface area contributed by atoms with Crippen molar-refractivity contribution < 1.29 is 0 Å². The Morgan fingerprint density at radius 1 is 1.45 bits per heavy atom. The first kappa shape index (κ1) is 15.1. The zero-order chi connectivity index (χ0) is 15.4. The molecule has 0 saturated heterocycles. The van der Waals surface area contributed by atoms with Gasteiger partial charge in [-0.2, -0.15) is 5.10 Å².